The van der Waals surface area contributed by atoms with Crippen LogP contribution in [0.4, 0.5) is 0 Å². The number of esters is 2. The standard InChI is InChI=1S/C22H45O5SSi2/c1-20(2,26-30(11,12)22(5,6)27-29(8,9)10)21(3,4)28(7)15-13-14-17-16-18(23)25-19(17)24/h17H,13-16H2,1-12H3/q+1. The summed E-state index contributed by atoms with van der Waals surface area (Å²) in [5.74, 6) is 0.0175. The van der Waals surface area contributed by atoms with Crippen LogP contribution >= 0.6 is 0 Å². The first kappa shape index (κ1) is 27.9. The second-order valence-electron chi connectivity index (χ2n) is 11.5. The summed E-state index contributed by atoms with van der Waals surface area (Å²) in [6.07, 6.45) is 4.16. The quantitative estimate of drug-likeness (QED) is 0.180. The van der Waals surface area contributed by atoms with E-state index in [0.29, 0.717) is 0 Å². The topological polar surface area (TPSA) is 61.8 Å². The zero-order valence-corrected chi connectivity index (χ0v) is 24.2. The summed E-state index contributed by atoms with van der Waals surface area (Å²) in [6.45, 7) is 24.6. The van der Waals surface area contributed by atoms with Crippen LogP contribution in [-0.2, 0) is 34.1 Å². The first-order chi connectivity index (χ1) is 13.2. The summed E-state index contributed by atoms with van der Waals surface area (Å²) >= 11 is 0. The van der Waals surface area contributed by atoms with Gasteiger partial charge in [0.25, 0.3) is 0 Å². The predicted octanol–water partition coefficient (Wildman–Crippen LogP) is 5.05. The van der Waals surface area contributed by atoms with Crippen LogP contribution in [0.1, 0.15) is 60.8 Å². The number of carbonyl (C=O) groups is 2. The van der Waals surface area contributed by atoms with E-state index in [9.17, 15) is 9.59 Å². The second kappa shape index (κ2) is 9.37. The zero-order chi connectivity index (χ0) is 23.8. The van der Waals surface area contributed by atoms with Crippen molar-refractivity contribution < 1.29 is 23.2 Å². The van der Waals surface area contributed by atoms with Gasteiger partial charge in [-0.1, -0.05) is 0 Å². The van der Waals surface area contributed by atoms with Crippen LogP contribution in [-0.4, -0.2) is 56.2 Å². The van der Waals surface area contributed by atoms with Gasteiger partial charge in [0.05, 0.1) is 23.8 Å². The van der Waals surface area contributed by atoms with E-state index < -0.39 is 16.6 Å². The van der Waals surface area contributed by atoms with E-state index in [1.807, 2.05) is 0 Å². The molecule has 176 valence electrons. The molecular weight excluding hydrogens is 432 g/mol. The van der Waals surface area contributed by atoms with Crippen LogP contribution in [0.15, 0.2) is 0 Å². The van der Waals surface area contributed by atoms with Crippen LogP contribution in [0.25, 0.3) is 0 Å². The molecule has 2 unspecified atom stereocenters. The molecule has 0 bridgehead atoms. The van der Waals surface area contributed by atoms with Crippen molar-refractivity contribution in [1.29, 1.82) is 0 Å². The van der Waals surface area contributed by atoms with Crippen LogP contribution < -0.4 is 0 Å². The molecular formula is C22H45O5SSi2+. The molecule has 0 aliphatic carbocycles. The Morgan fingerprint density at radius 2 is 1.53 bits per heavy atom. The van der Waals surface area contributed by atoms with E-state index in [4.69, 9.17) is 8.85 Å². The third kappa shape index (κ3) is 6.92. The van der Waals surface area contributed by atoms with E-state index >= 15 is 0 Å². The molecule has 1 aliphatic heterocycles. The Morgan fingerprint density at radius 1 is 1.00 bits per heavy atom. The Bertz CT molecular complexity index is 638. The molecule has 0 N–H and O–H groups in total. The van der Waals surface area contributed by atoms with Gasteiger partial charge in [0.2, 0.25) is 8.32 Å². The Hall–Kier alpha value is -0.156. The Kier molecular flexibility index (Phi) is 8.71. The molecule has 0 amide bonds. The summed E-state index contributed by atoms with van der Waals surface area (Å²) in [4.78, 5) is 23.0. The Labute approximate surface area is 189 Å². The number of carbonyl (C=O) groups excluding carboxylic acids is 2. The normalized spacial score (nSPS) is 20.5. The molecule has 1 rings (SSSR count). The maximum Gasteiger partial charge on any atom is 0.317 e. The van der Waals surface area contributed by atoms with Crippen molar-refractivity contribution in [1.82, 2.24) is 0 Å². The molecule has 30 heavy (non-hydrogen) atoms. The van der Waals surface area contributed by atoms with Gasteiger partial charge in [-0.25, -0.2) is 0 Å². The van der Waals surface area contributed by atoms with Crippen LogP contribution in [0, 0.1) is 5.92 Å². The minimum atomic E-state index is -2.18. The first-order valence-electron chi connectivity index (χ1n) is 11.0. The summed E-state index contributed by atoms with van der Waals surface area (Å²) < 4.78 is 18.1. The summed E-state index contributed by atoms with van der Waals surface area (Å²) in [5.41, 5.74) is -0.317. The van der Waals surface area contributed by atoms with Gasteiger partial charge in [0, 0.05) is 0 Å². The number of ether oxygens (including phenoxy) is 1. The molecule has 2 atom stereocenters. The molecule has 8 heteroatoms. The molecule has 0 aromatic heterocycles. The number of hydrogen-bond donors (Lipinski definition) is 0. The molecule has 0 saturated carbocycles. The smallest absolute Gasteiger partial charge is 0.317 e. The fourth-order valence-electron chi connectivity index (χ4n) is 3.73. The van der Waals surface area contributed by atoms with Gasteiger partial charge >= 0.3 is 11.9 Å². The van der Waals surface area contributed by atoms with Crippen LogP contribution in [0.2, 0.25) is 32.7 Å². The van der Waals surface area contributed by atoms with Crippen molar-refractivity contribution in [2.24, 2.45) is 5.92 Å². The number of rotatable bonds is 11. The largest absolute Gasteiger partial charge is 0.413 e. The third-order valence-electron chi connectivity index (χ3n) is 6.81. The highest BCUT2D eigenvalue weighted by molar-refractivity contribution is 7.97. The second-order valence-corrected chi connectivity index (χ2v) is 23.1. The van der Waals surface area contributed by atoms with Gasteiger partial charge < -0.3 is 13.6 Å². The van der Waals surface area contributed by atoms with Crippen molar-refractivity contribution >= 4 is 39.5 Å². The molecule has 0 radical (unpaired) electrons. The number of cyclic esters (lactones) is 2. The molecule has 1 aliphatic rings. The lowest BCUT2D eigenvalue weighted by Gasteiger charge is -2.50. The summed E-state index contributed by atoms with van der Waals surface area (Å²) in [7, 11) is -3.80. The molecule has 0 aromatic rings. The Morgan fingerprint density at radius 3 is 1.97 bits per heavy atom. The maximum absolute atomic E-state index is 11.7. The van der Waals surface area contributed by atoms with Gasteiger partial charge in [0.15, 0.2) is 8.32 Å². The van der Waals surface area contributed by atoms with Crippen molar-refractivity contribution in [3.63, 3.8) is 0 Å². The van der Waals surface area contributed by atoms with Crippen molar-refractivity contribution in [2.75, 3.05) is 12.0 Å². The van der Waals surface area contributed by atoms with E-state index in [-0.39, 0.29) is 50.7 Å². The highest BCUT2D eigenvalue weighted by Crippen LogP contribution is 2.40. The molecule has 0 spiro atoms. The van der Waals surface area contributed by atoms with Crippen molar-refractivity contribution in [2.45, 2.75) is 109 Å². The average molecular weight is 478 g/mol. The van der Waals surface area contributed by atoms with Gasteiger partial charge in [-0.15, -0.1) is 0 Å². The number of hydrogen-bond acceptors (Lipinski definition) is 5. The predicted molar refractivity (Wildman–Crippen MR) is 132 cm³/mol. The SMILES string of the molecule is C[S+](CCCC1CC(=O)OC1=O)C(C)(C)C(C)(C)O[Si](C)(C)C(C)(C)O[Si](C)(C)C. The van der Waals surface area contributed by atoms with Crippen molar-refractivity contribution in [3.8, 4) is 0 Å². The lowest BCUT2D eigenvalue weighted by atomic mass is 9.94. The highest BCUT2D eigenvalue weighted by Gasteiger charge is 2.55. The fourth-order valence-corrected chi connectivity index (χ4v) is 11.0. The van der Waals surface area contributed by atoms with Gasteiger partial charge in [-0.2, -0.15) is 0 Å². The third-order valence-corrected chi connectivity index (χ3v) is 15.3. The summed E-state index contributed by atoms with van der Waals surface area (Å²) in [6, 6.07) is 0. The molecule has 1 fully saturated rings. The molecule has 0 aromatic carbocycles. The van der Waals surface area contributed by atoms with E-state index in [1.54, 1.807) is 0 Å². The Balaban J connectivity index is 2.79. The molecule has 5 nitrogen and oxygen atoms in total. The highest BCUT2D eigenvalue weighted by atomic mass is 32.2. The molecule has 1 saturated heterocycles. The van der Waals surface area contributed by atoms with Gasteiger partial charge in [-0.3, -0.25) is 9.59 Å². The average Bonchev–Trinajstić information content (AvgIpc) is 2.81. The lowest BCUT2D eigenvalue weighted by Crippen LogP contribution is -2.65. The summed E-state index contributed by atoms with van der Waals surface area (Å²) in [5, 5.41) is -0.271. The minimum absolute atomic E-state index is 0.0431. The van der Waals surface area contributed by atoms with Crippen LogP contribution in [0.5, 0.6) is 0 Å². The zero-order valence-electron chi connectivity index (χ0n) is 21.4. The molecule has 1 heterocycles. The fraction of sp³-hybridized carbons (Fsp3) is 0.909. The van der Waals surface area contributed by atoms with E-state index in [2.05, 4.69) is 85.3 Å². The van der Waals surface area contributed by atoms with Gasteiger partial charge in [-0.05, 0) is 98.0 Å². The first-order valence-corrected chi connectivity index (χ1v) is 19.1. The van der Waals surface area contributed by atoms with E-state index in [0.717, 1.165) is 18.6 Å². The van der Waals surface area contributed by atoms with Gasteiger partial charge in [0.1, 0.15) is 16.1 Å². The monoisotopic (exact) mass is 477 g/mol. The minimum Gasteiger partial charge on any atom is -0.413 e. The maximum atomic E-state index is 11.7. The van der Waals surface area contributed by atoms with Crippen molar-refractivity contribution in [3.05, 3.63) is 0 Å². The lowest BCUT2D eigenvalue weighted by molar-refractivity contribution is -0.153. The van der Waals surface area contributed by atoms with Crippen LogP contribution in [0.3, 0.4) is 0 Å². The van der Waals surface area contributed by atoms with E-state index in [1.165, 1.54) is 0 Å².